The van der Waals surface area contributed by atoms with Gasteiger partial charge in [0.15, 0.2) is 0 Å². The molecule has 95 valence electrons. The highest BCUT2D eigenvalue weighted by Gasteiger charge is 2.19. The molecule has 0 heteroatoms. The van der Waals surface area contributed by atoms with Crippen LogP contribution in [0.2, 0.25) is 0 Å². The second-order valence-electron chi connectivity index (χ2n) is 5.09. The molecule has 0 unspecified atom stereocenters. The van der Waals surface area contributed by atoms with Gasteiger partial charge in [-0.15, -0.1) is 0 Å². The summed E-state index contributed by atoms with van der Waals surface area (Å²) in [5.41, 5.74) is 5.47. The highest BCUT2D eigenvalue weighted by molar-refractivity contribution is 5.82. The Balaban J connectivity index is 1.98. The van der Waals surface area contributed by atoms with Gasteiger partial charge in [-0.3, -0.25) is 0 Å². The van der Waals surface area contributed by atoms with E-state index in [-0.39, 0.29) is 0 Å². The Kier molecular flexibility index (Phi) is 3.50. The Morgan fingerprint density at radius 1 is 0.789 bits per heavy atom. The molecule has 2 aromatic carbocycles. The molecule has 0 amide bonds. The molecular weight excluding hydrogens is 228 g/mol. The number of rotatable bonds is 4. The van der Waals surface area contributed by atoms with Crippen molar-refractivity contribution >= 4 is 6.08 Å². The molecule has 2 aromatic rings. The van der Waals surface area contributed by atoms with E-state index in [9.17, 15) is 0 Å². The van der Waals surface area contributed by atoms with Gasteiger partial charge in [-0.2, -0.15) is 0 Å². The summed E-state index contributed by atoms with van der Waals surface area (Å²) in [5, 5.41) is 0. The molecule has 0 aliphatic heterocycles. The zero-order valence-corrected chi connectivity index (χ0v) is 11.4. The average Bonchev–Trinajstić information content (AvgIpc) is 2.89. The first-order chi connectivity index (χ1) is 9.40. The number of fused-ring (bicyclic) bond motifs is 1. The molecule has 0 fully saturated rings. The monoisotopic (exact) mass is 247 g/mol. The van der Waals surface area contributed by atoms with Crippen molar-refractivity contribution in [2.24, 2.45) is 0 Å². The summed E-state index contributed by atoms with van der Waals surface area (Å²) < 4.78 is 0. The number of unbranched alkanes of at least 4 members (excludes halogenated alkanes) is 1. The maximum absolute atomic E-state index is 2.30. The average molecular weight is 247 g/mol. The fourth-order valence-electron chi connectivity index (χ4n) is 2.75. The predicted octanol–water partition coefficient (Wildman–Crippen LogP) is 5.49. The van der Waals surface area contributed by atoms with Crippen LogP contribution in [0.15, 0.2) is 54.6 Å². The SMILES string of the molecule is CCCC[C]1C=Cc2c1cccc2-c1ccccc1. The van der Waals surface area contributed by atoms with E-state index in [1.165, 1.54) is 47.4 Å². The molecule has 0 spiro atoms. The van der Waals surface area contributed by atoms with E-state index in [1.807, 2.05) is 0 Å². The van der Waals surface area contributed by atoms with E-state index in [0.29, 0.717) is 0 Å². The smallest absolute Gasteiger partial charge is 0.0273 e. The molecule has 0 N–H and O–H groups in total. The second kappa shape index (κ2) is 5.44. The van der Waals surface area contributed by atoms with Gasteiger partial charge in [0.2, 0.25) is 0 Å². The van der Waals surface area contributed by atoms with Crippen molar-refractivity contribution in [2.45, 2.75) is 26.2 Å². The lowest BCUT2D eigenvalue weighted by molar-refractivity contribution is 0.764. The maximum Gasteiger partial charge on any atom is 0.0273 e. The minimum Gasteiger partial charge on any atom is -0.0721 e. The van der Waals surface area contributed by atoms with Gasteiger partial charge in [-0.05, 0) is 28.7 Å². The van der Waals surface area contributed by atoms with Gasteiger partial charge in [0.1, 0.15) is 0 Å². The van der Waals surface area contributed by atoms with Crippen molar-refractivity contribution in [2.75, 3.05) is 0 Å². The van der Waals surface area contributed by atoms with Gasteiger partial charge >= 0.3 is 0 Å². The van der Waals surface area contributed by atoms with E-state index in [1.54, 1.807) is 0 Å². The van der Waals surface area contributed by atoms with Crippen LogP contribution in [0.5, 0.6) is 0 Å². The van der Waals surface area contributed by atoms with Gasteiger partial charge < -0.3 is 0 Å². The highest BCUT2D eigenvalue weighted by atomic mass is 14.2. The highest BCUT2D eigenvalue weighted by Crippen LogP contribution is 2.38. The lowest BCUT2D eigenvalue weighted by atomic mass is 9.91. The molecule has 0 saturated carbocycles. The second-order valence-corrected chi connectivity index (χ2v) is 5.09. The summed E-state index contributed by atoms with van der Waals surface area (Å²) in [6.45, 7) is 2.25. The van der Waals surface area contributed by atoms with E-state index in [2.05, 4.69) is 67.6 Å². The van der Waals surface area contributed by atoms with Crippen LogP contribution < -0.4 is 0 Å². The first-order valence-electron chi connectivity index (χ1n) is 7.13. The molecule has 0 saturated heterocycles. The standard InChI is InChI=1S/C19H19/c1-2-3-8-16-13-14-19-17(11-7-12-18(16)19)15-9-5-4-6-10-15/h4-7,9-14H,2-3,8H2,1H3. The third-order valence-corrected chi connectivity index (χ3v) is 3.79. The summed E-state index contributed by atoms with van der Waals surface area (Å²) in [4.78, 5) is 0. The van der Waals surface area contributed by atoms with E-state index in [4.69, 9.17) is 0 Å². The van der Waals surface area contributed by atoms with Gasteiger partial charge in [-0.1, -0.05) is 80.4 Å². The zero-order chi connectivity index (χ0) is 13.1. The molecule has 0 aromatic heterocycles. The Labute approximate surface area is 115 Å². The van der Waals surface area contributed by atoms with Crippen molar-refractivity contribution in [3.63, 3.8) is 0 Å². The van der Waals surface area contributed by atoms with Gasteiger partial charge in [-0.25, -0.2) is 0 Å². The molecule has 0 heterocycles. The Morgan fingerprint density at radius 2 is 1.58 bits per heavy atom. The van der Waals surface area contributed by atoms with Crippen molar-refractivity contribution in [1.82, 2.24) is 0 Å². The van der Waals surface area contributed by atoms with Crippen LogP contribution in [0.4, 0.5) is 0 Å². The topological polar surface area (TPSA) is 0 Å². The number of benzene rings is 2. The van der Waals surface area contributed by atoms with Crippen LogP contribution in [-0.4, -0.2) is 0 Å². The molecular formula is C19H19. The normalized spacial score (nSPS) is 13.7. The number of allylic oxidation sites excluding steroid dienone is 1. The fourth-order valence-corrected chi connectivity index (χ4v) is 2.75. The summed E-state index contributed by atoms with van der Waals surface area (Å²) >= 11 is 0. The Bertz CT molecular complexity index is 578. The molecule has 1 aliphatic rings. The Morgan fingerprint density at radius 3 is 2.37 bits per heavy atom. The van der Waals surface area contributed by atoms with Crippen molar-refractivity contribution in [3.8, 4) is 11.1 Å². The van der Waals surface area contributed by atoms with Crippen LogP contribution in [-0.2, 0) is 0 Å². The third kappa shape index (κ3) is 2.35. The maximum atomic E-state index is 2.30. The van der Waals surface area contributed by atoms with Crippen LogP contribution in [0.3, 0.4) is 0 Å². The fraction of sp³-hybridized carbons (Fsp3) is 0.211. The van der Waals surface area contributed by atoms with Crippen molar-refractivity contribution in [1.29, 1.82) is 0 Å². The van der Waals surface area contributed by atoms with Crippen LogP contribution in [0.25, 0.3) is 17.2 Å². The lowest BCUT2D eigenvalue weighted by Gasteiger charge is -2.12. The summed E-state index contributed by atoms with van der Waals surface area (Å²) in [5.74, 6) is 1.50. The van der Waals surface area contributed by atoms with E-state index < -0.39 is 0 Å². The molecule has 1 aliphatic carbocycles. The molecule has 1 radical (unpaired) electrons. The van der Waals surface area contributed by atoms with E-state index >= 15 is 0 Å². The van der Waals surface area contributed by atoms with Crippen molar-refractivity contribution < 1.29 is 0 Å². The first kappa shape index (κ1) is 12.2. The van der Waals surface area contributed by atoms with Crippen LogP contribution >= 0.6 is 0 Å². The third-order valence-electron chi connectivity index (χ3n) is 3.79. The largest absolute Gasteiger partial charge is 0.0721 e. The van der Waals surface area contributed by atoms with Crippen LogP contribution in [0.1, 0.15) is 37.3 Å². The Hall–Kier alpha value is -1.82. The summed E-state index contributed by atoms with van der Waals surface area (Å²) in [7, 11) is 0. The summed E-state index contributed by atoms with van der Waals surface area (Å²) in [6, 6.07) is 17.3. The van der Waals surface area contributed by atoms with Gasteiger partial charge in [0.05, 0.1) is 0 Å². The molecule has 0 nitrogen and oxygen atoms in total. The summed E-state index contributed by atoms with van der Waals surface area (Å²) in [6.07, 6.45) is 8.30. The minimum atomic E-state index is 1.19. The molecule has 0 atom stereocenters. The molecule has 19 heavy (non-hydrogen) atoms. The zero-order valence-electron chi connectivity index (χ0n) is 11.4. The minimum absolute atomic E-state index is 1.19. The molecule has 0 bridgehead atoms. The lowest BCUT2D eigenvalue weighted by Crippen LogP contribution is -1.95. The van der Waals surface area contributed by atoms with E-state index in [0.717, 1.165) is 0 Å². The van der Waals surface area contributed by atoms with Gasteiger partial charge in [0.25, 0.3) is 0 Å². The number of hydrogen-bond acceptors (Lipinski definition) is 0. The molecule has 3 rings (SSSR count). The quantitative estimate of drug-likeness (QED) is 0.669. The predicted molar refractivity (Wildman–Crippen MR) is 82.8 cm³/mol. The number of hydrogen-bond donors (Lipinski definition) is 0. The van der Waals surface area contributed by atoms with Crippen LogP contribution in [0, 0.1) is 5.92 Å². The first-order valence-corrected chi connectivity index (χ1v) is 7.13. The van der Waals surface area contributed by atoms with Gasteiger partial charge in [0, 0.05) is 5.92 Å². The van der Waals surface area contributed by atoms with Crippen molar-refractivity contribution in [3.05, 3.63) is 71.7 Å².